The van der Waals surface area contributed by atoms with Crippen LogP contribution in [-0.2, 0) is 24.1 Å². The number of allylic oxidation sites excluding steroid dienone is 5. The lowest BCUT2D eigenvalue weighted by Gasteiger charge is -2.25. The maximum absolute atomic E-state index is 11.3. The van der Waals surface area contributed by atoms with E-state index in [2.05, 4.69) is 13.0 Å². The van der Waals surface area contributed by atoms with E-state index < -0.39 is 46.7 Å². The number of rotatable bonds is 14. The summed E-state index contributed by atoms with van der Waals surface area (Å²) in [6.45, 7) is 3.73. The van der Waals surface area contributed by atoms with Crippen LogP contribution in [0.5, 0.6) is 0 Å². The highest BCUT2D eigenvalue weighted by Gasteiger charge is 2.28. The number of hydrogen-bond acceptors (Lipinski definition) is 7. The third kappa shape index (κ3) is 12.1. The lowest BCUT2D eigenvalue weighted by molar-refractivity contribution is -0.146. The average Bonchev–Trinajstić information content (AvgIpc) is 2.72. The van der Waals surface area contributed by atoms with E-state index in [1.165, 1.54) is 37.1 Å². The van der Waals surface area contributed by atoms with Gasteiger partial charge >= 0.3 is 16.4 Å². The standard InChI is InChI=1S/C23H34O8S/c1-3-4-5-6-7-8-9-10-11-13-19(24)18(2)21(31-32(27,28)29)14-12-15-22-20(25)16-17-23(26)30-22/h7-13,15-22,24-25H,3-6,14H2,1-2H3,(H,27,28,29)/b8-7-,10-9+,13-11+,15-12+. The molecule has 0 aromatic heterocycles. The van der Waals surface area contributed by atoms with E-state index in [1.54, 1.807) is 19.1 Å². The van der Waals surface area contributed by atoms with Crippen LogP contribution in [0.3, 0.4) is 0 Å². The molecule has 180 valence electrons. The highest BCUT2D eigenvalue weighted by molar-refractivity contribution is 7.80. The number of ether oxygens (including phenoxy) is 1. The quantitative estimate of drug-likeness (QED) is 0.116. The predicted octanol–water partition coefficient (Wildman–Crippen LogP) is 3.21. The highest BCUT2D eigenvalue weighted by Crippen LogP contribution is 2.20. The zero-order valence-corrected chi connectivity index (χ0v) is 19.3. The van der Waals surface area contributed by atoms with Crippen LogP contribution in [0.1, 0.15) is 46.0 Å². The normalized spacial score (nSPS) is 22.8. The van der Waals surface area contributed by atoms with Crippen LogP contribution in [0, 0.1) is 5.92 Å². The van der Waals surface area contributed by atoms with Crippen molar-refractivity contribution in [1.29, 1.82) is 0 Å². The van der Waals surface area contributed by atoms with Gasteiger partial charge in [-0.15, -0.1) is 0 Å². The Morgan fingerprint density at radius 1 is 1.19 bits per heavy atom. The summed E-state index contributed by atoms with van der Waals surface area (Å²) in [6, 6.07) is 0. The number of carbonyl (C=O) groups is 1. The molecular formula is C23H34O8S. The summed E-state index contributed by atoms with van der Waals surface area (Å²) >= 11 is 0. The largest absolute Gasteiger partial charge is 0.452 e. The molecule has 1 aliphatic rings. The Hall–Kier alpha value is -2.04. The number of esters is 1. The van der Waals surface area contributed by atoms with Gasteiger partial charge in [-0.3, -0.25) is 4.55 Å². The van der Waals surface area contributed by atoms with Crippen molar-refractivity contribution in [2.24, 2.45) is 5.92 Å². The Labute approximate surface area is 190 Å². The molecule has 0 bridgehead atoms. The van der Waals surface area contributed by atoms with Gasteiger partial charge in [0.25, 0.3) is 0 Å². The average molecular weight is 471 g/mol. The van der Waals surface area contributed by atoms with E-state index >= 15 is 0 Å². The minimum atomic E-state index is -4.76. The van der Waals surface area contributed by atoms with Crippen molar-refractivity contribution in [2.45, 2.75) is 70.4 Å². The molecule has 0 spiro atoms. The third-order valence-electron chi connectivity index (χ3n) is 4.83. The summed E-state index contributed by atoms with van der Waals surface area (Å²) in [5.41, 5.74) is 0. The molecule has 0 aromatic carbocycles. The van der Waals surface area contributed by atoms with Crippen LogP contribution in [-0.4, -0.2) is 53.6 Å². The third-order valence-corrected chi connectivity index (χ3v) is 5.33. The Balaban J connectivity index is 2.67. The van der Waals surface area contributed by atoms with Gasteiger partial charge in [-0.1, -0.05) is 69.2 Å². The number of unbranched alkanes of at least 4 members (excludes halogenated alkanes) is 3. The first-order chi connectivity index (χ1) is 15.1. The molecule has 1 aliphatic heterocycles. The van der Waals surface area contributed by atoms with E-state index in [-0.39, 0.29) is 6.42 Å². The molecule has 3 N–H and O–H groups in total. The first-order valence-corrected chi connectivity index (χ1v) is 12.1. The summed E-state index contributed by atoms with van der Waals surface area (Å²) in [5.74, 6) is -1.30. The summed E-state index contributed by atoms with van der Waals surface area (Å²) in [6.07, 6.45) is 16.4. The van der Waals surface area contributed by atoms with Gasteiger partial charge in [0.1, 0.15) is 12.2 Å². The van der Waals surface area contributed by atoms with Crippen LogP contribution in [0.2, 0.25) is 0 Å². The summed E-state index contributed by atoms with van der Waals surface area (Å²) < 4.78 is 41.2. The Morgan fingerprint density at radius 3 is 2.59 bits per heavy atom. The molecule has 0 aromatic rings. The van der Waals surface area contributed by atoms with Crippen molar-refractivity contribution in [3.8, 4) is 0 Å². The zero-order chi connectivity index (χ0) is 24.0. The maximum Gasteiger partial charge on any atom is 0.397 e. The first kappa shape index (κ1) is 28.0. The lowest BCUT2D eigenvalue weighted by Crippen LogP contribution is -2.33. The van der Waals surface area contributed by atoms with Gasteiger partial charge in [0, 0.05) is 12.0 Å². The molecule has 0 radical (unpaired) electrons. The van der Waals surface area contributed by atoms with Gasteiger partial charge in [0.2, 0.25) is 0 Å². The summed E-state index contributed by atoms with van der Waals surface area (Å²) in [4.78, 5) is 11.3. The smallest absolute Gasteiger partial charge is 0.397 e. The molecule has 1 heterocycles. The second kappa shape index (κ2) is 14.9. The lowest BCUT2D eigenvalue weighted by atomic mass is 9.95. The van der Waals surface area contributed by atoms with Crippen LogP contribution in [0.25, 0.3) is 0 Å². The van der Waals surface area contributed by atoms with Crippen LogP contribution in [0.4, 0.5) is 0 Å². The van der Waals surface area contributed by atoms with E-state index in [1.807, 2.05) is 12.2 Å². The number of cyclic esters (lactones) is 1. The fourth-order valence-corrected chi connectivity index (χ4v) is 3.48. The highest BCUT2D eigenvalue weighted by atomic mass is 32.3. The van der Waals surface area contributed by atoms with Crippen LogP contribution < -0.4 is 0 Å². The molecule has 32 heavy (non-hydrogen) atoms. The van der Waals surface area contributed by atoms with Gasteiger partial charge in [0.15, 0.2) is 0 Å². The van der Waals surface area contributed by atoms with Crippen molar-refractivity contribution in [3.63, 3.8) is 0 Å². The molecule has 9 heteroatoms. The van der Waals surface area contributed by atoms with Crippen molar-refractivity contribution in [2.75, 3.05) is 0 Å². The molecule has 0 aliphatic carbocycles. The van der Waals surface area contributed by atoms with Gasteiger partial charge in [0.05, 0.1) is 12.2 Å². The zero-order valence-electron chi connectivity index (χ0n) is 18.5. The van der Waals surface area contributed by atoms with E-state index in [0.717, 1.165) is 18.9 Å². The SMILES string of the molecule is CCCCC\C=C/C=C/C=C/C(O)C(C)C(C/C=C/C1OC(=O)C=CC1O)OS(=O)(=O)O. The molecule has 1 rings (SSSR count). The van der Waals surface area contributed by atoms with Crippen molar-refractivity contribution < 1.29 is 36.9 Å². The predicted molar refractivity (Wildman–Crippen MR) is 122 cm³/mol. The fourth-order valence-electron chi connectivity index (χ4n) is 2.92. The molecule has 5 atom stereocenters. The number of hydrogen-bond donors (Lipinski definition) is 3. The monoisotopic (exact) mass is 470 g/mol. The molecule has 5 unspecified atom stereocenters. The van der Waals surface area contributed by atoms with Gasteiger partial charge < -0.3 is 14.9 Å². The molecule has 8 nitrogen and oxygen atoms in total. The van der Waals surface area contributed by atoms with E-state index in [0.29, 0.717) is 0 Å². The van der Waals surface area contributed by atoms with E-state index in [9.17, 15) is 23.4 Å². The maximum atomic E-state index is 11.3. The Morgan fingerprint density at radius 2 is 1.91 bits per heavy atom. The van der Waals surface area contributed by atoms with Crippen molar-refractivity contribution in [3.05, 3.63) is 60.8 Å². The number of aliphatic hydroxyl groups is 2. The van der Waals surface area contributed by atoms with Crippen LogP contribution >= 0.6 is 0 Å². The minimum Gasteiger partial charge on any atom is -0.452 e. The summed E-state index contributed by atoms with van der Waals surface area (Å²) in [7, 11) is -4.76. The molecule has 0 saturated heterocycles. The van der Waals surface area contributed by atoms with E-state index in [4.69, 9.17) is 13.5 Å². The van der Waals surface area contributed by atoms with Crippen molar-refractivity contribution in [1.82, 2.24) is 0 Å². The van der Waals surface area contributed by atoms with Crippen LogP contribution in [0.15, 0.2) is 60.8 Å². The number of aliphatic hydroxyl groups excluding tert-OH is 2. The van der Waals surface area contributed by atoms with Crippen molar-refractivity contribution >= 4 is 16.4 Å². The molecule has 0 fully saturated rings. The second-order valence-corrected chi connectivity index (χ2v) is 8.57. The van der Waals surface area contributed by atoms with Gasteiger partial charge in [-0.05, 0) is 31.4 Å². The summed E-state index contributed by atoms with van der Waals surface area (Å²) in [5, 5.41) is 20.2. The minimum absolute atomic E-state index is 0.0212. The molecular weight excluding hydrogens is 436 g/mol. The second-order valence-electron chi connectivity index (χ2n) is 7.52. The number of carbonyl (C=O) groups excluding carboxylic acids is 1. The molecule has 0 amide bonds. The van der Waals surface area contributed by atoms with Gasteiger partial charge in [-0.2, -0.15) is 8.42 Å². The topological polar surface area (TPSA) is 130 Å². The molecule has 0 saturated carbocycles. The first-order valence-electron chi connectivity index (χ1n) is 10.7. The fraction of sp³-hybridized carbons (Fsp3) is 0.522. The van der Waals surface area contributed by atoms with Gasteiger partial charge in [-0.25, -0.2) is 8.98 Å². The Bertz CT molecular complexity index is 810. The Kier molecular flexibility index (Phi) is 13.0.